The van der Waals surface area contributed by atoms with Gasteiger partial charge in [-0.25, -0.2) is 4.68 Å². The lowest BCUT2D eigenvalue weighted by Crippen LogP contribution is -2.22. The minimum Gasteiger partial charge on any atom is -0.486 e. The summed E-state index contributed by atoms with van der Waals surface area (Å²) in [5.41, 5.74) is 3.31. The van der Waals surface area contributed by atoms with Crippen molar-refractivity contribution in [2.24, 2.45) is 0 Å². The number of tetrazole rings is 1. The first-order valence-electron chi connectivity index (χ1n) is 8.57. The van der Waals surface area contributed by atoms with Crippen LogP contribution in [0.5, 0.6) is 11.5 Å². The highest BCUT2D eigenvalue weighted by molar-refractivity contribution is 9.10. The van der Waals surface area contributed by atoms with Crippen molar-refractivity contribution < 1.29 is 14.3 Å². The van der Waals surface area contributed by atoms with Gasteiger partial charge in [0.1, 0.15) is 19.5 Å². The molecule has 0 radical (unpaired) electrons. The van der Waals surface area contributed by atoms with Crippen molar-refractivity contribution in [3.63, 3.8) is 0 Å². The van der Waals surface area contributed by atoms with Crippen LogP contribution in [-0.4, -0.2) is 45.9 Å². The second-order valence-electron chi connectivity index (χ2n) is 6.13. The van der Waals surface area contributed by atoms with Crippen LogP contribution in [-0.2, 0) is 4.79 Å². The van der Waals surface area contributed by atoms with Gasteiger partial charge in [0.05, 0.1) is 17.9 Å². The van der Waals surface area contributed by atoms with Crippen LogP contribution in [0.15, 0.2) is 41.1 Å². The molecular weight excluding hydrogens is 428 g/mol. The van der Waals surface area contributed by atoms with Gasteiger partial charge in [0.25, 0.3) is 0 Å². The summed E-state index contributed by atoms with van der Waals surface area (Å²) in [7, 11) is 0. The van der Waals surface area contributed by atoms with Gasteiger partial charge in [-0.05, 0) is 57.0 Å². The van der Waals surface area contributed by atoms with Crippen molar-refractivity contribution in [1.29, 1.82) is 0 Å². The van der Waals surface area contributed by atoms with Gasteiger partial charge in [0.15, 0.2) is 11.5 Å². The first kappa shape index (κ1) is 18.2. The molecule has 3 aromatic rings. The largest absolute Gasteiger partial charge is 0.486 e. The van der Waals surface area contributed by atoms with Gasteiger partial charge in [-0.2, -0.15) is 0 Å². The Bertz CT molecular complexity index is 1010. The number of amides is 1. The zero-order chi connectivity index (χ0) is 19.5. The number of hydrogen-bond acceptors (Lipinski definition) is 7. The van der Waals surface area contributed by atoms with Crippen LogP contribution >= 0.6 is 15.9 Å². The Kier molecular flexibility index (Phi) is 5.11. The first-order chi connectivity index (χ1) is 13.6. The number of ether oxygens (including phenoxy) is 2. The maximum atomic E-state index is 12.3. The molecule has 1 aliphatic rings. The van der Waals surface area contributed by atoms with E-state index >= 15 is 0 Å². The summed E-state index contributed by atoms with van der Waals surface area (Å²) in [6.45, 7) is 3.07. The summed E-state index contributed by atoms with van der Waals surface area (Å²) < 4.78 is 13.4. The molecule has 0 saturated carbocycles. The van der Waals surface area contributed by atoms with Gasteiger partial charge in [-0.1, -0.05) is 0 Å². The minimum atomic E-state index is -0.181. The molecule has 1 amide bonds. The van der Waals surface area contributed by atoms with Crippen LogP contribution in [0.2, 0.25) is 0 Å². The molecule has 2 aromatic carbocycles. The van der Waals surface area contributed by atoms with Gasteiger partial charge in [0, 0.05) is 22.3 Å². The Balaban J connectivity index is 1.39. The van der Waals surface area contributed by atoms with E-state index in [4.69, 9.17) is 9.47 Å². The molecule has 0 atom stereocenters. The van der Waals surface area contributed by atoms with Gasteiger partial charge in [-0.3, -0.25) is 4.79 Å². The zero-order valence-corrected chi connectivity index (χ0v) is 16.6. The SMILES string of the molecule is Cc1cc(NCC(=O)Nc2cc3c(cc2Br)OCCO3)ccc1-n1cnnn1. The third-order valence-electron chi connectivity index (χ3n) is 4.15. The molecule has 4 rings (SSSR count). The van der Waals surface area contributed by atoms with E-state index in [2.05, 4.69) is 42.1 Å². The van der Waals surface area contributed by atoms with Crippen molar-refractivity contribution in [3.8, 4) is 17.2 Å². The number of nitrogens with zero attached hydrogens (tertiary/aromatic N) is 4. The third-order valence-corrected chi connectivity index (χ3v) is 4.81. The maximum Gasteiger partial charge on any atom is 0.243 e. The monoisotopic (exact) mass is 444 g/mol. The zero-order valence-electron chi connectivity index (χ0n) is 15.0. The number of carbonyl (C=O) groups excluding carboxylic acids is 1. The number of benzene rings is 2. The van der Waals surface area contributed by atoms with Gasteiger partial charge in [0.2, 0.25) is 5.91 Å². The van der Waals surface area contributed by atoms with Crippen LogP contribution < -0.4 is 20.1 Å². The number of aryl methyl sites for hydroxylation is 1. The lowest BCUT2D eigenvalue weighted by atomic mass is 10.2. The molecule has 0 fully saturated rings. The number of halogens is 1. The lowest BCUT2D eigenvalue weighted by molar-refractivity contribution is -0.114. The summed E-state index contributed by atoms with van der Waals surface area (Å²) in [4.78, 5) is 12.3. The fraction of sp³-hybridized carbons (Fsp3) is 0.222. The molecule has 1 aliphatic heterocycles. The van der Waals surface area contributed by atoms with Crippen LogP contribution in [0.25, 0.3) is 5.69 Å². The second-order valence-corrected chi connectivity index (χ2v) is 6.99. The van der Waals surface area contributed by atoms with Gasteiger partial charge < -0.3 is 20.1 Å². The predicted octanol–water partition coefficient (Wildman–Crippen LogP) is 2.56. The van der Waals surface area contributed by atoms with E-state index in [0.29, 0.717) is 30.4 Å². The average Bonchev–Trinajstić information content (AvgIpc) is 3.21. The van der Waals surface area contributed by atoms with Crippen LogP contribution in [0.3, 0.4) is 0 Å². The summed E-state index contributed by atoms with van der Waals surface area (Å²) in [5, 5.41) is 17.1. The lowest BCUT2D eigenvalue weighted by Gasteiger charge is -2.20. The maximum absolute atomic E-state index is 12.3. The van der Waals surface area contributed by atoms with E-state index in [-0.39, 0.29) is 12.5 Å². The Morgan fingerprint density at radius 1 is 1.21 bits per heavy atom. The molecule has 0 unspecified atom stereocenters. The fourth-order valence-electron chi connectivity index (χ4n) is 2.83. The molecule has 0 aliphatic carbocycles. The fourth-order valence-corrected chi connectivity index (χ4v) is 3.25. The van der Waals surface area contributed by atoms with Gasteiger partial charge >= 0.3 is 0 Å². The van der Waals surface area contributed by atoms with Crippen molar-refractivity contribution in [3.05, 3.63) is 46.7 Å². The highest BCUT2D eigenvalue weighted by Gasteiger charge is 2.16. The van der Waals surface area contributed by atoms with Crippen molar-refractivity contribution in [2.45, 2.75) is 6.92 Å². The molecule has 144 valence electrons. The summed E-state index contributed by atoms with van der Waals surface area (Å²) in [6, 6.07) is 9.24. The molecule has 0 saturated heterocycles. The van der Waals surface area contributed by atoms with Crippen molar-refractivity contribution >= 4 is 33.2 Å². The van der Waals surface area contributed by atoms with E-state index < -0.39 is 0 Å². The summed E-state index contributed by atoms with van der Waals surface area (Å²) in [5.74, 6) is 1.10. The molecule has 2 N–H and O–H groups in total. The third kappa shape index (κ3) is 3.91. The van der Waals surface area contributed by atoms with E-state index in [1.807, 2.05) is 25.1 Å². The number of fused-ring (bicyclic) bond motifs is 1. The Morgan fingerprint density at radius 2 is 2.00 bits per heavy atom. The Labute approximate surface area is 169 Å². The van der Waals surface area contributed by atoms with Crippen molar-refractivity contribution in [1.82, 2.24) is 20.2 Å². The Morgan fingerprint density at radius 3 is 2.71 bits per heavy atom. The van der Waals surface area contributed by atoms with Crippen LogP contribution in [0.1, 0.15) is 5.56 Å². The molecule has 9 nitrogen and oxygen atoms in total. The number of rotatable bonds is 5. The van der Waals surface area contributed by atoms with Crippen LogP contribution in [0.4, 0.5) is 11.4 Å². The topological polar surface area (TPSA) is 103 Å². The highest BCUT2D eigenvalue weighted by Crippen LogP contribution is 2.38. The standard InChI is InChI=1S/C18H17BrN6O3/c1-11-6-12(2-3-15(11)25-10-21-23-24-25)20-9-18(26)22-14-8-17-16(7-13(14)19)27-4-5-28-17/h2-3,6-8,10,20H,4-5,9H2,1H3,(H,22,26). The normalized spacial score (nSPS) is 12.5. The predicted molar refractivity (Wildman–Crippen MR) is 106 cm³/mol. The van der Waals surface area contributed by atoms with E-state index in [9.17, 15) is 4.79 Å². The number of aromatic nitrogens is 4. The van der Waals surface area contributed by atoms with Crippen molar-refractivity contribution in [2.75, 3.05) is 30.4 Å². The molecule has 0 spiro atoms. The molecule has 10 heteroatoms. The second kappa shape index (κ2) is 7.85. The quantitative estimate of drug-likeness (QED) is 0.622. The van der Waals surface area contributed by atoms with E-state index in [1.54, 1.807) is 16.8 Å². The molecule has 2 heterocycles. The van der Waals surface area contributed by atoms with E-state index in [0.717, 1.165) is 21.4 Å². The number of anilines is 2. The smallest absolute Gasteiger partial charge is 0.243 e. The number of nitrogens with one attached hydrogen (secondary N) is 2. The Hall–Kier alpha value is -3.14. The molecule has 1 aromatic heterocycles. The number of hydrogen-bond donors (Lipinski definition) is 2. The summed E-state index contributed by atoms with van der Waals surface area (Å²) >= 11 is 3.45. The average molecular weight is 445 g/mol. The van der Waals surface area contributed by atoms with Crippen LogP contribution in [0, 0.1) is 6.92 Å². The summed E-state index contributed by atoms with van der Waals surface area (Å²) in [6.07, 6.45) is 1.54. The molecule has 0 bridgehead atoms. The first-order valence-corrected chi connectivity index (χ1v) is 9.36. The highest BCUT2D eigenvalue weighted by atomic mass is 79.9. The number of carbonyl (C=O) groups is 1. The van der Waals surface area contributed by atoms with E-state index in [1.165, 1.54) is 6.33 Å². The minimum absolute atomic E-state index is 0.116. The van der Waals surface area contributed by atoms with Gasteiger partial charge in [-0.15, -0.1) is 5.10 Å². The molecular formula is C18H17BrN6O3. The molecule has 28 heavy (non-hydrogen) atoms.